The number of ether oxygens (including phenoxy) is 2. The highest BCUT2D eigenvalue weighted by molar-refractivity contribution is 5.68. The minimum absolute atomic E-state index is 0.0840. The minimum Gasteiger partial charge on any atom is -0.469 e. The Balaban J connectivity index is 1.88. The fraction of sp³-hybridized carbons (Fsp3) is 0.947. The molecule has 0 aliphatic carbocycles. The molecule has 136 valence electrons. The molecule has 1 rings (SSSR count). The maximum Gasteiger partial charge on any atom is 0.305 e. The Morgan fingerprint density at radius 3 is 2.43 bits per heavy atom. The third kappa shape index (κ3) is 9.98. The van der Waals surface area contributed by atoms with Crippen LogP contribution in [0.4, 0.5) is 0 Å². The second-order valence-electron chi connectivity index (χ2n) is 6.79. The summed E-state index contributed by atoms with van der Waals surface area (Å²) in [7, 11) is 1.43. The van der Waals surface area contributed by atoms with Crippen LogP contribution < -0.4 is 0 Å². The first-order valence-electron chi connectivity index (χ1n) is 9.59. The molecule has 1 N–H and O–H groups in total. The van der Waals surface area contributed by atoms with Crippen LogP contribution in [0.2, 0.25) is 0 Å². The fourth-order valence-electron chi connectivity index (χ4n) is 3.10. The molecule has 0 aromatic rings. The lowest BCUT2D eigenvalue weighted by atomic mass is 10.0. The van der Waals surface area contributed by atoms with Gasteiger partial charge in [0.05, 0.1) is 19.3 Å². The Labute approximate surface area is 141 Å². The second kappa shape index (κ2) is 12.8. The number of aliphatic hydroxyl groups excluding tert-OH is 1. The lowest BCUT2D eigenvalue weighted by molar-refractivity contribution is -0.140. The highest BCUT2D eigenvalue weighted by Crippen LogP contribution is 2.32. The third-order valence-electron chi connectivity index (χ3n) is 4.70. The molecule has 0 saturated carbocycles. The van der Waals surface area contributed by atoms with Gasteiger partial charge in [0.2, 0.25) is 0 Å². The van der Waals surface area contributed by atoms with Gasteiger partial charge in [-0.15, -0.1) is 0 Å². The Hall–Kier alpha value is -0.610. The molecule has 1 saturated heterocycles. The predicted molar refractivity (Wildman–Crippen MR) is 92.4 cm³/mol. The van der Waals surface area contributed by atoms with Gasteiger partial charge in [-0.1, -0.05) is 64.7 Å². The van der Waals surface area contributed by atoms with Gasteiger partial charge in [0.15, 0.2) is 0 Å². The van der Waals surface area contributed by atoms with Crippen LogP contribution in [0.5, 0.6) is 0 Å². The van der Waals surface area contributed by atoms with Gasteiger partial charge in [-0.25, -0.2) is 0 Å². The molecule has 1 aliphatic rings. The van der Waals surface area contributed by atoms with Gasteiger partial charge in [-0.2, -0.15) is 0 Å². The van der Waals surface area contributed by atoms with Crippen LogP contribution in [0.1, 0.15) is 90.4 Å². The number of unbranched alkanes of at least 4 members (excludes halogenated alkanes) is 8. The summed E-state index contributed by atoms with van der Waals surface area (Å²) >= 11 is 0. The molecule has 0 aromatic heterocycles. The van der Waals surface area contributed by atoms with Crippen molar-refractivity contribution in [2.45, 2.75) is 109 Å². The zero-order valence-electron chi connectivity index (χ0n) is 15.1. The highest BCUT2D eigenvalue weighted by atomic mass is 16.6. The number of carbonyl (C=O) groups is 1. The molecule has 0 radical (unpaired) electrons. The first-order chi connectivity index (χ1) is 11.2. The molecular formula is C19H36O4. The molecule has 0 bridgehead atoms. The van der Waals surface area contributed by atoms with Gasteiger partial charge in [-0.3, -0.25) is 4.79 Å². The van der Waals surface area contributed by atoms with Crippen molar-refractivity contribution >= 4 is 5.97 Å². The van der Waals surface area contributed by atoms with Gasteiger partial charge in [0, 0.05) is 6.42 Å². The SMILES string of the molecule is CCCCCCCCC(O)C1OC1CCCCCCC(=O)OC. The predicted octanol–water partition coefficient (Wildman–Crippen LogP) is 4.38. The molecule has 1 heterocycles. The van der Waals surface area contributed by atoms with E-state index >= 15 is 0 Å². The number of hydrogen-bond donors (Lipinski definition) is 1. The largest absolute Gasteiger partial charge is 0.469 e. The van der Waals surface area contributed by atoms with Crippen LogP contribution in [-0.2, 0) is 14.3 Å². The van der Waals surface area contributed by atoms with Crippen molar-refractivity contribution in [1.29, 1.82) is 0 Å². The number of hydrogen-bond acceptors (Lipinski definition) is 4. The molecule has 0 aromatic carbocycles. The standard InChI is InChI=1S/C19H36O4/c1-3-4-5-6-7-10-13-16(20)19-17(23-19)14-11-8-9-12-15-18(21)22-2/h16-17,19-20H,3-15H2,1-2H3. The monoisotopic (exact) mass is 328 g/mol. The zero-order chi connectivity index (χ0) is 16.9. The summed E-state index contributed by atoms with van der Waals surface area (Å²) in [5.74, 6) is -0.117. The van der Waals surface area contributed by atoms with Crippen LogP contribution in [-0.4, -0.2) is 36.5 Å². The summed E-state index contributed by atoms with van der Waals surface area (Å²) in [4.78, 5) is 11.0. The van der Waals surface area contributed by atoms with Gasteiger partial charge in [-0.05, 0) is 19.3 Å². The van der Waals surface area contributed by atoms with Gasteiger partial charge < -0.3 is 14.6 Å². The normalized spacial score (nSPS) is 21.2. The van der Waals surface area contributed by atoms with Crippen molar-refractivity contribution in [2.24, 2.45) is 0 Å². The lowest BCUT2D eigenvalue weighted by Crippen LogP contribution is -2.16. The molecule has 3 unspecified atom stereocenters. The van der Waals surface area contributed by atoms with E-state index in [1.54, 1.807) is 0 Å². The van der Waals surface area contributed by atoms with Crippen LogP contribution in [0.3, 0.4) is 0 Å². The van der Waals surface area contributed by atoms with Crippen molar-refractivity contribution in [1.82, 2.24) is 0 Å². The number of aliphatic hydroxyl groups is 1. The maximum atomic E-state index is 11.0. The van der Waals surface area contributed by atoms with Crippen molar-refractivity contribution in [3.05, 3.63) is 0 Å². The molecular weight excluding hydrogens is 292 g/mol. The van der Waals surface area contributed by atoms with Crippen LogP contribution in [0, 0.1) is 0 Å². The summed E-state index contributed by atoms with van der Waals surface area (Å²) in [5.41, 5.74) is 0. The van der Waals surface area contributed by atoms with Crippen molar-refractivity contribution in [3.63, 3.8) is 0 Å². The Kier molecular flexibility index (Phi) is 11.3. The molecule has 4 heteroatoms. The second-order valence-corrected chi connectivity index (χ2v) is 6.79. The van der Waals surface area contributed by atoms with Crippen molar-refractivity contribution in [2.75, 3.05) is 7.11 Å². The lowest BCUT2D eigenvalue weighted by Gasteiger charge is -2.07. The van der Waals surface area contributed by atoms with E-state index < -0.39 is 0 Å². The third-order valence-corrected chi connectivity index (χ3v) is 4.70. The summed E-state index contributed by atoms with van der Waals surface area (Å²) in [6, 6.07) is 0. The summed E-state index contributed by atoms with van der Waals surface area (Å²) < 4.78 is 10.2. The molecule has 3 atom stereocenters. The molecule has 4 nitrogen and oxygen atoms in total. The van der Waals surface area contributed by atoms with Crippen molar-refractivity contribution < 1.29 is 19.4 Å². The topological polar surface area (TPSA) is 59.1 Å². The Morgan fingerprint density at radius 2 is 1.70 bits per heavy atom. The van der Waals surface area contributed by atoms with Crippen LogP contribution in [0.15, 0.2) is 0 Å². The Bertz CT molecular complexity index is 306. The fourth-order valence-corrected chi connectivity index (χ4v) is 3.10. The molecule has 0 amide bonds. The first-order valence-corrected chi connectivity index (χ1v) is 9.59. The van der Waals surface area contributed by atoms with E-state index in [2.05, 4.69) is 11.7 Å². The van der Waals surface area contributed by atoms with E-state index in [1.165, 1.54) is 39.2 Å². The molecule has 0 spiro atoms. The minimum atomic E-state index is -0.273. The smallest absolute Gasteiger partial charge is 0.305 e. The quantitative estimate of drug-likeness (QED) is 0.275. The number of carbonyl (C=O) groups excluding carboxylic acids is 1. The number of epoxide rings is 1. The van der Waals surface area contributed by atoms with E-state index in [-0.39, 0.29) is 24.3 Å². The summed E-state index contributed by atoms with van der Waals surface area (Å²) in [6.45, 7) is 2.23. The van der Waals surface area contributed by atoms with Gasteiger partial charge in [0.25, 0.3) is 0 Å². The zero-order valence-corrected chi connectivity index (χ0v) is 15.1. The molecule has 1 fully saturated rings. The van der Waals surface area contributed by atoms with Crippen molar-refractivity contribution in [3.8, 4) is 0 Å². The number of methoxy groups -OCH3 is 1. The average Bonchev–Trinajstić information content (AvgIpc) is 3.33. The Morgan fingerprint density at radius 1 is 1.04 bits per heavy atom. The van der Waals surface area contributed by atoms with E-state index in [0.29, 0.717) is 6.42 Å². The average molecular weight is 328 g/mol. The van der Waals surface area contributed by atoms with Crippen LogP contribution in [0.25, 0.3) is 0 Å². The number of rotatable bonds is 15. The first kappa shape index (κ1) is 20.4. The highest BCUT2D eigenvalue weighted by Gasteiger charge is 2.42. The van der Waals surface area contributed by atoms with E-state index in [4.69, 9.17) is 4.74 Å². The van der Waals surface area contributed by atoms with Gasteiger partial charge in [0.1, 0.15) is 6.10 Å². The van der Waals surface area contributed by atoms with Crippen LogP contribution >= 0.6 is 0 Å². The van der Waals surface area contributed by atoms with E-state index in [0.717, 1.165) is 44.9 Å². The molecule has 23 heavy (non-hydrogen) atoms. The molecule has 1 aliphatic heterocycles. The van der Waals surface area contributed by atoms with E-state index in [9.17, 15) is 9.90 Å². The van der Waals surface area contributed by atoms with Gasteiger partial charge >= 0.3 is 5.97 Å². The number of esters is 1. The maximum absolute atomic E-state index is 11.0. The summed E-state index contributed by atoms with van der Waals surface area (Å²) in [5, 5.41) is 10.1. The van der Waals surface area contributed by atoms with E-state index in [1.807, 2.05) is 0 Å². The summed E-state index contributed by atoms with van der Waals surface area (Å²) in [6.07, 6.45) is 14.3.